The SMILES string of the molecule is FC(F)(F)c1ccc(N2c3ccccc3B3c4cc(-c5ccccc5)ccc4N4c5ccc(-c6ccccc6)cc5B5c6ccccc6Sc6cc2c3c4c65)c(C(F)(F)F)c1. The largest absolute Gasteiger partial charge is 0.418 e. The summed E-state index contributed by atoms with van der Waals surface area (Å²) in [7, 11) is 0. The molecule has 0 saturated heterocycles. The van der Waals surface area contributed by atoms with Gasteiger partial charge in [-0.1, -0.05) is 139 Å². The zero-order valence-corrected chi connectivity index (χ0v) is 32.7. The van der Waals surface area contributed by atoms with Crippen LogP contribution < -0.4 is 42.6 Å². The average Bonchev–Trinajstić information content (AvgIpc) is 3.28. The molecule has 2 nitrogen and oxygen atoms in total. The van der Waals surface area contributed by atoms with Gasteiger partial charge in [0.15, 0.2) is 0 Å². The van der Waals surface area contributed by atoms with Crippen molar-refractivity contribution in [1.82, 2.24) is 0 Å². The molecule has 0 spiro atoms. The van der Waals surface area contributed by atoms with Crippen LogP contribution in [0.1, 0.15) is 11.1 Å². The smallest absolute Gasteiger partial charge is 0.312 e. The zero-order chi connectivity index (χ0) is 41.4. The molecule has 8 aromatic rings. The second-order valence-corrected chi connectivity index (χ2v) is 16.9. The number of hydrogen-bond acceptors (Lipinski definition) is 3. The van der Waals surface area contributed by atoms with E-state index in [2.05, 4.69) is 77.7 Å². The van der Waals surface area contributed by atoms with Gasteiger partial charge in [0, 0.05) is 38.2 Å². The molecule has 4 aliphatic rings. The average molecular weight is 824 g/mol. The van der Waals surface area contributed by atoms with Crippen LogP contribution in [-0.2, 0) is 12.4 Å². The normalized spacial score (nSPS) is 14.2. The summed E-state index contributed by atoms with van der Waals surface area (Å²) in [4.78, 5) is 5.75. The maximum atomic E-state index is 15.2. The van der Waals surface area contributed by atoms with Crippen molar-refractivity contribution in [1.29, 1.82) is 0 Å². The number of hydrogen-bond donors (Lipinski definition) is 0. The number of benzene rings is 8. The van der Waals surface area contributed by atoms with E-state index in [0.29, 0.717) is 11.4 Å². The highest BCUT2D eigenvalue weighted by Gasteiger charge is 2.51. The Morgan fingerprint density at radius 3 is 1.54 bits per heavy atom. The fraction of sp³-hybridized carbons (Fsp3) is 0.0400. The highest BCUT2D eigenvalue weighted by molar-refractivity contribution is 8.00. The molecule has 0 atom stereocenters. The molecule has 0 amide bonds. The third-order valence-corrected chi connectivity index (χ3v) is 13.7. The van der Waals surface area contributed by atoms with Gasteiger partial charge in [-0.05, 0) is 98.1 Å². The van der Waals surface area contributed by atoms with Crippen molar-refractivity contribution >= 4 is 92.1 Å². The minimum atomic E-state index is -5.10. The van der Waals surface area contributed by atoms with E-state index in [9.17, 15) is 13.2 Å². The minimum Gasteiger partial charge on any atom is -0.312 e. The van der Waals surface area contributed by atoms with E-state index < -0.39 is 30.2 Å². The van der Waals surface area contributed by atoms with Gasteiger partial charge in [0.1, 0.15) is 0 Å². The van der Waals surface area contributed by atoms with E-state index in [1.165, 1.54) is 0 Å². The fourth-order valence-corrected chi connectivity index (χ4v) is 11.2. The number of nitrogens with zero attached hydrogens (tertiary/aromatic N) is 2. The van der Waals surface area contributed by atoms with Gasteiger partial charge in [-0.15, -0.1) is 0 Å². The van der Waals surface area contributed by atoms with Crippen LogP contribution in [0.5, 0.6) is 0 Å². The van der Waals surface area contributed by atoms with Crippen molar-refractivity contribution in [3.05, 3.63) is 181 Å². The number of alkyl halides is 6. The molecule has 0 saturated carbocycles. The Balaban J connectivity index is 1.21. The Bertz CT molecular complexity index is 3120. The van der Waals surface area contributed by atoms with Crippen molar-refractivity contribution in [2.24, 2.45) is 0 Å². The molecular formula is C50H28B2F6N2S. The summed E-state index contributed by atoms with van der Waals surface area (Å²) in [6, 6.07) is 53.0. The molecule has 0 radical (unpaired) electrons. The molecular weight excluding hydrogens is 796 g/mol. The Hall–Kier alpha value is -6.58. The summed E-state index contributed by atoms with van der Waals surface area (Å²) in [5.41, 5.74) is 10.7. The molecule has 4 aliphatic heterocycles. The van der Waals surface area contributed by atoms with E-state index in [-0.39, 0.29) is 18.5 Å². The number of halogens is 6. The first-order valence-corrected chi connectivity index (χ1v) is 20.7. The van der Waals surface area contributed by atoms with Crippen LogP contribution in [0.25, 0.3) is 22.3 Å². The van der Waals surface area contributed by atoms with Crippen molar-refractivity contribution in [3.63, 3.8) is 0 Å². The van der Waals surface area contributed by atoms with Gasteiger partial charge in [0.25, 0.3) is 6.71 Å². The summed E-state index contributed by atoms with van der Waals surface area (Å²) >= 11 is 1.58. The molecule has 0 N–H and O–H groups in total. The van der Waals surface area contributed by atoms with E-state index in [1.54, 1.807) is 28.8 Å². The zero-order valence-electron chi connectivity index (χ0n) is 31.9. The first-order chi connectivity index (χ1) is 29.5. The summed E-state index contributed by atoms with van der Waals surface area (Å²) in [5, 5.41) is 0. The van der Waals surface area contributed by atoms with Crippen LogP contribution in [0, 0.1) is 0 Å². The highest BCUT2D eigenvalue weighted by Crippen LogP contribution is 2.51. The van der Waals surface area contributed by atoms with Gasteiger partial charge in [0.05, 0.1) is 16.8 Å². The summed E-state index contributed by atoms with van der Waals surface area (Å²) in [6.45, 7) is -0.634. The second kappa shape index (κ2) is 13.0. The molecule has 0 unspecified atom stereocenters. The predicted molar refractivity (Wildman–Crippen MR) is 237 cm³/mol. The Kier molecular flexibility index (Phi) is 7.71. The standard InChI is InChI=1S/C50H28B2F6N2S/c53-49(54,55)33-21-24-39(34(27-33)50(56,57)58)59-40-17-9-7-15-35(40)51-37-25-31(29-11-3-1-4-12-29)19-22-41(37)60-42-23-20-32(30-13-5-2-6-14-30)26-38(42)52-36-16-8-10-18-44(36)61-45-28-43(59)46(51)48(60)47(45)52/h1-28H. The summed E-state index contributed by atoms with van der Waals surface area (Å²) < 4.78 is 88.0. The lowest BCUT2D eigenvalue weighted by Gasteiger charge is -2.49. The maximum absolute atomic E-state index is 15.2. The molecule has 292 valence electrons. The minimum absolute atomic E-state index is 0.212. The van der Waals surface area contributed by atoms with Crippen LogP contribution in [0.2, 0.25) is 0 Å². The van der Waals surface area contributed by atoms with Gasteiger partial charge in [-0.2, -0.15) is 26.3 Å². The van der Waals surface area contributed by atoms with Crippen LogP contribution in [0.3, 0.4) is 0 Å². The fourth-order valence-electron chi connectivity index (χ4n) is 10.1. The van der Waals surface area contributed by atoms with E-state index in [0.717, 1.165) is 94.0 Å². The molecule has 11 heteroatoms. The molecule has 0 aromatic heterocycles. The lowest BCUT2D eigenvalue weighted by atomic mass is 9.29. The van der Waals surface area contributed by atoms with Gasteiger partial charge in [0.2, 0.25) is 6.71 Å². The van der Waals surface area contributed by atoms with Gasteiger partial charge in [-0.25, -0.2) is 0 Å². The Morgan fingerprint density at radius 1 is 0.377 bits per heavy atom. The van der Waals surface area contributed by atoms with Gasteiger partial charge in [-0.3, -0.25) is 0 Å². The quantitative estimate of drug-likeness (QED) is 0.129. The van der Waals surface area contributed by atoms with Crippen molar-refractivity contribution in [3.8, 4) is 22.3 Å². The van der Waals surface area contributed by atoms with E-state index in [4.69, 9.17) is 0 Å². The topological polar surface area (TPSA) is 6.48 Å². The Labute approximate surface area is 352 Å². The number of para-hydroxylation sites is 1. The van der Waals surface area contributed by atoms with E-state index >= 15 is 13.2 Å². The Morgan fingerprint density at radius 2 is 0.918 bits per heavy atom. The summed E-state index contributed by atoms with van der Waals surface area (Å²) in [5.74, 6) is 0. The second-order valence-electron chi connectivity index (χ2n) is 15.8. The van der Waals surface area contributed by atoms with E-state index in [1.807, 2.05) is 66.7 Å². The van der Waals surface area contributed by atoms with Gasteiger partial charge < -0.3 is 9.80 Å². The third kappa shape index (κ3) is 5.35. The molecule has 4 heterocycles. The molecule has 8 aromatic carbocycles. The molecule has 0 fully saturated rings. The highest BCUT2D eigenvalue weighted by atomic mass is 32.2. The first-order valence-electron chi connectivity index (χ1n) is 19.9. The first kappa shape index (κ1) is 36.3. The van der Waals surface area contributed by atoms with Gasteiger partial charge >= 0.3 is 12.4 Å². The van der Waals surface area contributed by atoms with Crippen LogP contribution in [-0.4, -0.2) is 13.4 Å². The number of fused-ring (bicyclic) bond motifs is 10. The molecule has 61 heavy (non-hydrogen) atoms. The number of rotatable bonds is 3. The predicted octanol–water partition coefficient (Wildman–Crippen LogP) is 10.4. The van der Waals surface area contributed by atoms with Crippen LogP contribution >= 0.6 is 11.8 Å². The molecule has 12 rings (SSSR count). The maximum Gasteiger partial charge on any atom is 0.418 e. The lowest BCUT2D eigenvalue weighted by Crippen LogP contribution is -2.68. The summed E-state index contributed by atoms with van der Waals surface area (Å²) in [6.07, 6.45) is -10.1. The van der Waals surface area contributed by atoms with Crippen LogP contribution in [0.4, 0.5) is 60.5 Å². The van der Waals surface area contributed by atoms with Crippen molar-refractivity contribution in [2.45, 2.75) is 22.1 Å². The van der Waals surface area contributed by atoms with Crippen molar-refractivity contribution < 1.29 is 26.3 Å². The van der Waals surface area contributed by atoms with Crippen molar-refractivity contribution in [2.75, 3.05) is 9.80 Å². The third-order valence-electron chi connectivity index (χ3n) is 12.5. The lowest BCUT2D eigenvalue weighted by molar-refractivity contribution is -0.142. The monoisotopic (exact) mass is 824 g/mol. The molecule has 0 aliphatic carbocycles. The molecule has 0 bridgehead atoms. The van der Waals surface area contributed by atoms with Crippen LogP contribution in [0.15, 0.2) is 180 Å². The number of anilines is 6.